The third kappa shape index (κ3) is 6.00. The first-order valence-corrected chi connectivity index (χ1v) is 11.3. The Bertz CT molecular complexity index is 777. The normalized spacial score (nSPS) is 18.2. The number of likely N-dealkylation sites (N-methyl/N-ethyl adjacent to an activating group) is 1. The highest BCUT2D eigenvalue weighted by molar-refractivity contribution is 5.80. The van der Waals surface area contributed by atoms with Crippen LogP contribution in [-0.2, 0) is 11.2 Å². The quantitative estimate of drug-likeness (QED) is 0.670. The number of nitrogens with two attached hydrogens (primary N) is 1. The molecule has 5 nitrogen and oxygen atoms in total. The monoisotopic (exact) mass is 415 g/mol. The fraction of sp³-hybridized carbons (Fsp3) is 0.640. The summed E-state index contributed by atoms with van der Waals surface area (Å²) in [5.41, 5.74) is 11.7. The average molecular weight is 416 g/mol. The molecular weight excluding hydrogens is 374 g/mol. The number of phenols is 1. The van der Waals surface area contributed by atoms with Gasteiger partial charge in [-0.25, -0.2) is 0 Å². The summed E-state index contributed by atoms with van der Waals surface area (Å²) in [4.78, 5) is 13.1. The fourth-order valence-electron chi connectivity index (χ4n) is 4.51. The number of amides is 1. The van der Waals surface area contributed by atoms with Gasteiger partial charge >= 0.3 is 0 Å². The third-order valence-electron chi connectivity index (χ3n) is 6.71. The van der Waals surface area contributed by atoms with Crippen LogP contribution in [0.4, 0.5) is 5.69 Å². The van der Waals surface area contributed by atoms with E-state index < -0.39 is 0 Å². The highest BCUT2D eigenvalue weighted by Crippen LogP contribution is 2.47. The summed E-state index contributed by atoms with van der Waals surface area (Å²) in [6.45, 7) is 11.6. The zero-order chi connectivity index (χ0) is 22.5. The Labute approximate surface area is 182 Å². The number of anilines is 1. The van der Waals surface area contributed by atoms with Crippen molar-refractivity contribution in [1.29, 1.82) is 0 Å². The lowest BCUT2D eigenvalue weighted by Crippen LogP contribution is -2.33. The summed E-state index contributed by atoms with van der Waals surface area (Å²) < 4.78 is 0. The van der Waals surface area contributed by atoms with E-state index in [1.807, 2.05) is 18.0 Å². The SMILES string of the molecule is CC(=O)NCCN(C)c1c(O)ccc2c1CC(C)(C)C(C)=C2C.NC1CCCCC1. The lowest BCUT2D eigenvalue weighted by Gasteiger charge is -2.37. The maximum atomic E-state index is 11.0. The van der Waals surface area contributed by atoms with Gasteiger partial charge in [0.25, 0.3) is 0 Å². The third-order valence-corrected chi connectivity index (χ3v) is 6.71. The van der Waals surface area contributed by atoms with Crippen LogP contribution in [0.2, 0.25) is 0 Å². The molecule has 0 spiro atoms. The molecule has 5 heteroatoms. The van der Waals surface area contributed by atoms with Crippen molar-refractivity contribution >= 4 is 17.2 Å². The fourth-order valence-corrected chi connectivity index (χ4v) is 4.51. The Morgan fingerprint density at radius 2 is 1.87 bits per heavy atom. The van der Waals surface area contributed by atoms with E-state index in [2.05, 4.69) is 33.0 Å². The molecule has 30 heavy (non-hydrogen) atoms. The molecule has 1 amide bonds. The van der Waals surface area contributed by atoms with E-state index >= 15 is 0 Å². The molecule has 0 bridgehead atoms. The predicted octanol–water partition coefficient (Wildman–Crippen LogP) is 4.62. The molecule has 1 aromatic carbocycles. The minimum absolute atomic E-state index is 0.0340. The smallest absolute Gasteiger partial charge is 0.216 e. The number of rotatable bonds is 4. The van der Waals surface area contributed by atoms with E-state index in [-0.39, 0.29) is 11.3 Å². The first kappa shape index (κ1) is 24.3. The molecule has 0 aromatic heterocycles. The maximum Gasteiger partial charge on any atom is 0.216 e. The van der Waals surface area contributed by atoms with Gasteiger partial charge in [-0.1, -0.05) is 44.7 Å². The zero-order valence-electron chi connectivity index (χ0n) is 19.8. The highest BCUT2D eigenvalue weighted by atomic mass is 16.3. The predicted molar refractivity (Wildman–Crippen MR) is 127 cm³/mol. The van der Waals surface area contributed by atoms with E-state index in [0.29, 0.717) is 24.9 Å². The summed E-state index contributed by atoms with van der Waals surface area (Å²) >= 11 is 0. The van der Waals surface area contributed by atoms with E-state index in [4.69, 9.17) is 5.73 Å². The molecule has 3 rings (SSSR count). The number of hydrogen-bond donors (Lipinski definition) is 3. The number of aromatic hydroxyl groups is 1. The molecule has 1 aromatic rings. The van der Waals surface area contributed by atoms with Gasteiger partial charge in [0.15, 0.2) is 0 Å². The van der Waals surface area contributed by atoms with Gasteiger partial charge in [0.2, 0.25) is 5.91 Å². The first-order chi connectivity index (χ1) is 14.0. The lowest BCUT2D eigenvalue weighted by atomic mass is 9.70. The molecule has 0 unspecified atom stereocenters. The Kier molecular flexibility index (Phi) is 8.36. The van der Waals surface area contributed by atoms with Crippen LogP contribution in [-0.4, -0.2) is 37.2 Å². The van der Waals surface area contributed by atoms with Crippen LogP contribution < -0.4 is 16.0 Å². The summed E-state index contributed by atoms with van der Waals surface area (Å²) in [6, 6.07) is 4.33. The van der Waals surface area contributed by atoms with Gasteiger partial charge in [-0.2, -0.15) is 0 Å². The molecule has 1 saturated carbocycles. The Morgan fingerprint density at radius 1 is 1.23 bits per heavy atom. The van der Waals surface area contributed by atoms with Crippen molar-refractivity contribution in [1.82, 2.24) is 5.32 Å². The van der Waals surface area contributed by atoms with Crippen molar-refractivity contribution in [2.75, 3.05) is 25.0 Å². The van der Waals surface area contributed by atoms with Crippen LogP contribution in [0.5, 0.6) is 5.75 Å². The van der Waals surface area contributed by atoms with E-state index in [1.165, 1.54) is 61.3 Å². The molecule has 0 saturated heterocycles. The van der Waals surface area contributed by atoms with Gasteiger partial charge in [0, 0.05) is 33.1 Å². The van der Waals surface area contributed by atoms with Gasteiger partial charge in [0.1, 0.15) is 5.75 Å². The zero-order valence-corrected chi connectivity index (χ0v) is 19.8. The first-order valence-electron chi connectivity index (χ1n) is 11.3. The minimum Gasteiger partial charge on any atom is -0.506 e. The Balaban J connectivity index is 0.000000386. The van der Waals surface area contributed by atoms with Gasteiger partial charge < -0.3 is 21.1 Å². The van der Waals surface area contributed by atoms with E-state index in [9.17, 15) is 9.90 Å². The summed E-state index contributed by atoms with van der Waals surface area (Å²) in [5.74, 6) is 0.269. The number of fused-ring (bicyclic) bond motifs is 1. The largest absolute Gasteiger partial charge is 0.506 e. The number of hydrogen-bond acceptors (Lipinski definition) is 4. The van der Waals surface area contributed by atoms with Gasteiger partial charge in [-0.15, -0.1) is 0 Å². The number of allylic oxidation sites excluding steroid dienone is 2. The number of benzene rings is 1. The number of carbonyl (C=O) groups excluding carboxylic acids is 1. The van der Waals surface area contributed by atoms with Crippen LogP contribution in [0.3, 0.4) is 0 Å². The molecule has 0 radical (unpaired) electrons. The number of carbonyl (C=O) groups is 1. The van der Waals surface area contributed by atoms with Crippen LogP contribution in [0.1, 0.15) is 77.8 Å². The average Bonchev–Trinajstić information content (AvgIpc) is 2.66. The number of nitrogens with one attached hydrogen (secondary N) is 1. The molecule has 2 aliphatic rings. The second kappa shape index (κ2) is 10.3. The van der Waals surface area contributed by atoms with Gasteiger partial charge in [-0.05, 0) is 61.3 Å². The van der Waals surface area contributed by atoms with E-state index in [0.717, 1.165) is 12.1 Å². The van der Waals surface area contributed by atoms with Crippen molar-refractivity contribution < 1.29 is 9.90 Å². The summed E-state index contributed by atoms with van der Waals surface area (Å²) in [5, 5.41) is 13.2. The van der Waals surface area contributed by atoms with Crippen molar-refractivity contribution in [2.24, 2.45) is 11.1 Å². The highest BCUT2D eigenvalue weighted by Gasteiger charge is 2.32. The molecule has 1 fully saturated rings. The maximum absolute atomic E-state index is 11.0. The molecular formula is C25H41N3O2. The van der Waals surface area contributed by atoms with Gasteiger partial charge in [0.05, 0.1) is 5.69 Å². The summed E-state index contributed by atoms with van der Waals surface area (Å²) in [7, 11) is 1.96. The summed E-state index contributed by atoms with van der Waals surface area (Å²) in [6.07, 6.45) is 7.57. The second-order valence-electron chi connectivity index (χ2n) is 9.57. The van der Waals surface area contributed by atoms with E-state index in [1.54, 1.807) is 6.07 Å². The topological polar surface area (TPSA) is 78.6 Å². The molecule has 0 heterocycles. The molecule has 168 valence electrons. The molecule has 2 aliphatic carbocycles. The van der Waals surface area contributed by atoms with Crippen LogP contribution in [0.15, 0.2) is 17.7 Å². The number of phenolic OH excluding ortho intramolecular Hbond substituents is 1. The standard InChI is InChI=1S/C19H28N2O2.C6H13N/c1-12-13(2)19(4,5)11-16-15(12)7-8-17(23)18(16)21(6)10-9-20-14(3)22;7-6-4-2-1-3-5-6/h7-8,23H,9-11H2,1-6H3,(H,20,22);6H,1-5,7H2. The van der Waals surface area contributed by atoms with Crippen LogP contribution in [0, 0.1) is 5.41 Å². The second-order valence-corrected chi connectivity index (χ2v) is 9.57. The molecule has 4 N–H and O–H groups in total. The number of nitrogens with zero attached hydrogens (tertiary/aromatic N) is 1. The minimum atomic E-state index is -0.0340. The molecule has 0 atom stereocenters. The van der Waals surface area contributed by atoms with Crippen molar-refractivity contribution in [3.05, 3.63) is 28.8 Å². The Hall–Kier alpha value is -2.01. The molecule has 0 aliphatic heterocycles. The van der Waals surface area contributed by atoms with Crippen LogP contribution >= 0.6 is 0 Å². The van der Waals surface area contributed by atoms with Crippen molar-refractivity contribution in [3.8, 4) is 5.75 Å². The Morgan fingerprint density at radius 3 is 2.40 bits per heavy atom. The van der Waals surface area contributed by atoms with Crippen molar-refractivity contribution in [3.63, 3.8) is 0 Å². The van der Waals surface area contributed by atoms with Crippen LogP contribution in [0.25, 0.3) is 5.57 Å². The lowest BCUT2D eigenvalue weighted by molar-refractivity contribution is -0.118. The van der Waals surface area contributed by atoms with Crippen molar-refractivity contribution in [2.45, 2.75) is 79.2 Å². The van der Waals surface area contributed by atoms with Gasteiger partial charge in [-0.3, -0.25) is 4.79 Å².